The standard InChI is InChI=1S/C27H18NO3/c1-15-11-13-19-18-14-12-16-7-3-4-8-17(16)24(18)30-25(19)22(15)26-28(2)23-20-9-5-6-10-21(20)29-27(23)31-26/h3-14H,1-2H3/q+1. The van der Waals surface area contributed by atoms with Crippen LogP contribution in [-0.2, 0) is 7.05 Å². The second kappa shape index (κ2) is 5.76. The summed E-state index contributed by atoms with van der Waals surface area (Å²) in [6.07, 6.45) is 0. The highest BCUT2D eigenvalue weighted by molar-refractivity contribution is 6.17. The van der Waals surface area contributed by atoms with Crippen molar-refractivity contribution in [2.45, 2.75) is 6.92 Å². The number of nitrogens with zero attached hydrogens (tertiary/aromatic N) is 1. The second-order valence-corrected chi connectivity index (χ2v) is 8.10. The molecular weight excluding hydrogens is 386 g/mol. The Hall–Kier alpha value is -4.05. The zero-order valence-corrected chi connectivity index (χ0v) is 17.1. The van der Waals surface area contributed by atoms with E-state index < -0.39 is 0 Å². The molecule has 7 aromatic rings. The summed E-state index contributed by atoms with van der Waals surface area (Å²) >= 11 is 0. The molecule has 0 radical (unpaired) electrons. The molecule has 0 N–H and O–H groups in total. The normalized spacial score (nSPS) is 12.2. The van der Waals surface area contributed by atoms with Crippen LogP contribution in [0.2, 0.25) is 0 Å². The molecule has 0 saturated carbocycles. The first-order valence-electron chi connectivity index (χ1n) is 10.3. The zero-order valence-electron chi connectivity index (χ0n) is 17.1. The topological polar surface area (TPSA) is 43.3 Å². The summed E-state index contributed by atoms with van der Waals surface area (Å²) in [5.41, 5.74) is 5.56. The van der Waals surface area contributed by atoms with Crippen molar-refractivity contribution in [3.05, 3.63) is 78.4 Å². The van der Waals surface area contributed by atoms with Crippen molar-refractivity contribution in [2.24, 2.45) is 7.05 Å². The molecular formula is C27H18NO3+. The van der Waals surface area contributed by atoms with Gasteiger partial charge in [-0.15, -0.1) is 0 Å². The number of para-hydroxylation sites is 1. The Balaban J connectivity index is 1.61. The summed E-state index contributed by atoms with van der Waals surface area (Å²) in [5.74, 6) is 1.25. The molecule has 0 aliphatic carbocycles. The van der Waals surface area contributed by atoms with Crippen LogP contribution in [0, 0.1) is 6.92 Å². The van der Waals surface area contributed by atoms with Crippen LogP contribution in [0.15, 0.2) is 86.0 Å². The van der Waals surface area contributed by atoms with E-state index in [0.717, 1.165) is 60.8 Å². The van der Waals surface area contributed by atoms with Crippen LogP contribution in [-0.4, -0.2) is 0 Å². The van der Waals surface area contributed by atoms with Crippen molar-refractivity contribution < 1.29 is 17.8 Å². The SMILES string of the molecule is Cc1ccc2c(oc3c4ccccc4ccc23)c1-c1oc2oc3ccccc3c2[n+]1C. The molecule has 4 nitrogen and oxygen atoms in total. The van der Waals surface area contributed by atoms with Crippen molar-refractivity contribution in [1.82, 2.24) is 0 Å². The fourth-order valence-corrected chi connectivity index (χ4v) is 4.80. The van der Waals surface area contributed by atoms with Gasteiger partial charge >= 0.3 is 17.2 Å². The summed E-state index contributed by atoms with van der Waals surface area (Å²) in [6.45, 7) is 2.09. The maximum Gasteiger partial charge on any atom is 0.388 e. The van der Waals surface area contributed by atoms with Crippen molar-refractivity contribution in [1.29, 1.82) is 0 Å². The van der Waals surface area contributed by atoms with Crippen LogP contribution in [0.4, 0.5) is 0 Å². The average molecular weight is 404 g/mol. The highest BCUT2D eigenvalue weighted by Gasteiger charge is 2.31. The number of aromatic nitrogens is 1. The van der Waals surface area contributed by atoms with E-state index in [0.29, 0.717) is 5.78 Å². The van der Waals surface area contributed by atoms with Crippen molar-refractivity contribution in [3.63, 3.8) is 0 Å². The van der Waals surface area contributed by atoms with E-state index in [1.807, 2.05) is 31.3 Å². The molecule has 0 aliphatic rings. The van der Waals surface area contributed by atoms with Gasteiger partial charge in [-0.2, -0.15) is 4.57 Å². The number of rotatable bonds is 1. The van der Waals surface area contributed by atoms with Crippen LogP contribution < -0.4 is 4.57 Å². The molecule has 4 heteroatoms. The number of hydrogen-bond donors (Lipinski definition) is 0. The van der Waals surface area contributed by atoms with Gasteiger partial charge in [-0.05, 0) is 36.1 Å². The molecule has 0 atom stereocenters. The van der Waals surface area contributed by atoms with E-state index in [9.17, 15) is 0 Å². The Morgan fingerprint density at radius 3 is 2.29 bits per heavy atom. The molecule has 7 rings (SSSR count). The summed E-state index contributed by atoms with van der Waals surface area (Å²) in [7, 11) is 2.01. The summed E-state index contributed by atoms with van der Waals surface area (Å²) in [6, 6.07) is 24.9. The largest absolute Gasteiger partial charge is 0.454 e. The zero-order chi connectivity index (χ0) is 20.7. The van der Waals surface area contributed by atoms with Gasteiger partial charge in [-0.3, -0.25) is 0 Å². The highest BCUT2D eigenvalue weighted by atomic mass is 16.5. The van der Waals surface area contributed by atoms with Gasteiger partial charge in [0.15, 0.2) is 5.58 Å². The Morgan fingerprint density at radius 2 is 1.39 bits per heavy atom. The minimum absolute atomic E-state index is 0.525. The minimum Gasteiger partial charge on any atom is -0.454 e. The third kappa shape index (κ3) is 2.11. The Morgan fingerprint density at radius 1 is 0.645 bits per heavy atom. The molecule has 0 spiro atoms. The van der Waals surface area contributed by atoms with Crippen LogP contribution in [0.1, 0.15) is 5.56 Å². The molecule has 0 unspecified atom stereocenters. The number of aryl methyl sites for hydroxylation is 2. The van der Waals surface area contributed by atoms with Gasteiger partial charge in [0.05, 0.1) is 5.39 Å². The van der Waals surface area contributed by atoms with E-state index in [1.54, 1.807) is 0 Å². The fourth-order valence-electron chi connectivity index (χ4n) is 4.80. The summed E-state index contributed by atoms with van der Waals surface area (Å²) in [5, 5.41) is 5.51. The predicted molar refractivity (Wildman–Crippen MR) is 122 cm³/mol. The van der Waals surface area contributed by atoms with Crippen molar-refractivity contribution in [3.8, 4) is 11.5 Å². The van der Waals surface area contributed by atoms with E-state index in [1.165, 1.54) is 5.39 Å². The van der Waals surface area contributed by atoms with Gasteiger partial charge in [0.1, 0.15) is 23.8 Å². The number of hydrogen-bond acceptors (Lipinski definition) is 3. The van der Waals surface area contributed by atoms with Gasteiger partial charge in [-0.1, -0.05) is 54.6 Å². The molecule has 3 aromatic heterocycles. The maximum absolute atomic E-state index is 6.54. The first-order valence-corrected chi connectivity index (χ1v) is 10.3. The lowest BCUT2D eigenvalue weighted by atomic mass is 10.0. The van der Waals surface area contributed by atoms with E-state index >= 15 is 0 Å². The van der Waals surface area contributed by atoms with E-state index in [4.69, 9.17) is 13.3 Å². The lowest BCUT2D eigenvalue weighted by molar-refractivity contribution is -0.636. The smallest absolute Gasteiger partial charge is 0.388 e. The minimum atomic E-state index is 0.525. The summed E-state index contributed by atoms with van der Waals surface area (Å²) in [4.78, 5) is 0. The predicted octanol–water partition coefficient (Wildman–Crippen LogP) is 7.03. The Kier molecular flexibility index (Phi) is 3.11. The van der Waals surface area contributed by atoms with Crippen molar-refractivity contribution >= 4 is 55.0 Å². The lowest BCUT2D eigenvalue weighted by Crippen LogP contribution is -2.28. The number of furan rings is 2. The third-order valence-corrected chi connectivity index (χ3v) is 6.32. The highest BCUT2D eigenvalue weighted by Crippen LogP contribution is 2.41. The van der Waals surface area contributed by atoms with Crippen LogP contribution in [0.5, 0.6) is 0 Å². The second-order valence-electron chi connectivity index (χ2n) is 8.10. The first kappa shape index (κ1) is 16.7. The lowest BCUT2D eigenvalue weighted by Gasteiger charge is -2.00. The molecule has 0 fully saturated rings. The molecule has 31 heavy (non-hydrogen) atoms. The molecule has 0 bridgehead atoms. The number of fused-ring (bicyclic) bond motifs is 8. The van der Waals surface area contributed by atoms with Crippen LogP contribution in [0.3, 0.4) is 0 Å². The number of oxazole rings is 1. The van der Waals surface area contributed by atoms with Gasteiger partial charge in [0.2, 0.25) is 0 Å². The van der Waals surface area contributed by atoms with Gasteiger partial charge < -0.3 is 13.3 Å². The molecule has 148 valence electrons. The molecule has 0 aliphatic heterocycles. The quantitative estimate of drug-likeness (QED) is 0.276. The number of benzene rings is 4. The third-order valence-electron chi connectivity index (χ3n) is 6.32. The first-order chi connectivity index (χ1) is 15.2. The van der Waals surface area contributed by atoms with Gasteiger partial charge in [0.25, 0.3) is 0 Å². The summed E-state index contributed by atoms with van der Waals surface area (Å²) < 4.78 is 20.9. The van der Waals surface area contributed by atoms with Crippen LogP contribution in [0.25, 0.3) is 66.4 Å². The molecule has 0 amide bonds. The Bertz CT molecular complexity index is 1810. The Labute approximate surface area is 176 Å². The van der Waals surface area contributed by atoms with Crippen molar-refractivity contribution in [2.75, 3.05) is 0 Å². The average Bonchev–Trinajstić information content (AvgIpc) is 3.44. The van der Waals surface area contributed by atoms with E-state index in [2.05, 4.69) is 60.0 Å². The maximum atomic E-state index is 6.54. The fraction of sp³-hybridized carbons (Fsp3) is 0.0741. The van der Waals surface area contributed by atoms with Gasteiger partial charge in [0, 0.05) is 16.2 Å². The van der Waals surface area contributed by atoms with Crippen LogP contribution >= 0.6 is 0 Å². The molecule has 0 saturated heterocycles. The molecule has 4 aromatic carbocycles. The van der Waals surface area contributed by atoms with Gasteiger partial charge in [-0.25, -0.2) is 0 Å². The van der Waals surface area contributed by atoms with E-state index in [-0.39, 0.29) is 0 Å². The monoisotopic (exact) mass is 404 g/mol. The molecule has 3 heterocycles.